The van der Waals surface area contributed by atoms with E-state index >= 15 is 0 Å². The lowest BCUT2D eigenvalue weighted by Gasteiger charge is -2.42. The van der Waals surface area contributed by atoms with Crippen LogP contribution in [0, 0.1) is 23.1 Å². The molecule has 8 heteroatoms. The Balaban J connectivity index is 2.07. The van der Waals surface area contributed by atoms with Gasteiger partial charge in [-0.05, 0) is 52.4 Å². The van der Waals surface area contributed by atoms with Crippen LogP contribution in [-0.4, -0.2) is 45.3 Å². The highest BCUT2D eigenvalue weighted by atomic mass is 19.1. The van der Waals surface area contributed by atoms with Crippen molar-refractivity contribution in [3.8, 4) is 11.9 Å². The SMILES string of the molecule is CC(C)COc1nc(NC2CCC(N(C(=O)O)C(C)(C)C)CC2)c(F)cc1C#N. The van der Waals surface area contributed by atoms with Crippen LogP contribution in [0.15, 0.2) is 6.07 Å². The lowest BCUT2D eigenvalue weighted by Crippen LogP contribution is -2.52. The molecule has 0 bridgehead atoms. The van der Waals surface area contributed by atoms with Gasteiger partial charge in [-0.2, -0.15) is 10.2 Å². The van der Waals surface area contributed by atoms with Gasteiger partial charge in [0.2, 0.25) is 5.88 Å². The number of pyridine rings is 1. The molecule has 1 saturated carbocycles. The minimum Gasteiger partial charge on any atom is -0.476 e. The maximum absolute atomic E-state index is 14.4. The third-order valence-corrected chi connectivity index (χ3v) is 4.95. The number of nitrogens with zero attached hydrogens (tertiary/aromatic N) is 3. The topological polar surface area (TPSA) is 98.5 Å². The predicted octanol–water partition coefficient (Wildman–Crippen LogP) is 4.63. The van der Waals surface area contributed by atoms with E-state index in [1.807, 2.05) is 40.7 Å². The molecule has 0 radical (unpaired) electrons. The van der Waals surface area contributed by atoms with E-state index in [0.29, 0.717) is 32.3 Å². The van der Waals surface area contributed by atoms with Crippen LogP contribution in [0.25, 0.3) is 0 Å². The number of hydrogen-bond acceptors (Lipinski definition) is 5. The average Bonchev–Trinajstić information content (AvgIpc) is 2.61. The van der Waals surface area contributed by atoms with Gasteiger partial charge in [0, 0.05) is 23.7 Å². The zero-order chi connectivity index (χ0) is 21.8. The molecule has 1 fully saturated rings. The highest BCUT2D eigenvalue weighted by Gasteiger charge is 2.35. The van der Waals surface area contributed by atoms with Crippen molar-refractivity contribution < 1.29 is 19.0 Å². The van der Waals surface area contributed by atoms with E-state index in [4.69, 9.17) is 4.74 Å². The summed E-state index contributed by atoms with van der Waals surface area (Å²) in [6, 6.07) is 2.98. The molecule has 1 heterocycles. The van der Waals surface area contributed by atoms with Crippen molar-refractivity contribution in [3.05, 3.63) is 17.4 Å². The summed E-state index contributed by atoms with van der Waals surface area (Å²) in [7, 11) is 0. The van der Waals surface area contributed by atoms with Gasteiger partial charge >= 0.3 is 6.09 Å². The number of halogens is 1. The van der Waals surface area contributed by atoms with Gasteiger partial charge in [0.25, 0.3) is 0 Å². The number of rotatable bonds is 6. The fourth-order valence-electron chi connectivity index (χ4n) is 3.67. The summed E-state index contributed by atoms with van der Waals surface area (Å²) in [6.07, 6.45) is 1.87. The first-order valence-corrected chi connectivity index (χ1v) is 10.0. The summed E-state index contributed by atoms with van der Waals surface area (Å²) in [6.45, 7) is 10.0. The maximum Gasteiger partial charge on any atom is 0.407 e. The van der Waals surface area contributed by atoms with E-state index < -0.39 is 17.4 Å². The molecular formula is C21H31FN4O3. The minimum absolute atomic E-state index is 0.0188. The normalized spacial score (nSPS) is 19.5. The second-order valence-electron chi connectivity index (χ2n) is 8.96. The Morgan fingerprint density at radius 3 is 2.52 bits per heavy atom. The van der Waals surface area contributed by atoms with E-state index in [1.54, 1.807) is 0 Å². The number of nitriles is 1. The number of carboxylic acid groups (broad SMARTS) is 1. The molecule has 160 valence electrons. The van der Waals surface area contributed by atoms with Gasteiger partial charge in [-0.3, -0.25) is 0 Å². The van der Waals surface area contributed by atoms with Crippen LogP contribution in [0.1, 0.15) is 65.9 Å². The third-order valence-electron chi connectivity index (χ3n) is 4.95. The quantitative estimate of drug-likeness (QED) is 0.715. The summed E-state index contributed by atoms with van der Waals surface area (Å²) in [5.41, 5.74) is -0.403. The van der Waals surface area contributed by atoms with Gasteiger partial charge in [-0.1, -0.05) is 13.8 Å². The first-order valence-electron chi connectivity index (χ1n) is 10.0. The molecule has 0 spiro atoms. The zero-order valence-electron chi connectivity index (χ0n) is 17.8. The van der Waals surface area contributed by atoms with E-state index in [-0.39, 0.29) is 35.3 Å². The molecule has 2 N–H and O–H groups in total. The maximum atomic E-state index is 14.4. The summed E-state index contributed by atoms with van der Waals surface area (Å²) >= 11 is 0. The number of carbonyl (C=O) groups is 1. The molecule has 1 aromatic heterocycles. The number of nitrogens with one attached hydrogen (secondary N) is 1. The molecule has 1 aromatic rings. The summed E-state index contributed by atoms with van der Waals surface area (Å²) in [5, 5.41) is 21.9. The number of aromatic nitrogens is 1. The standard InChI is InChI=1S/C21H31FN4O3/c1-13(2)12-29-19-14(11-23)10-17(22)18(25-19)24-15-6-8-16(9-7-15)26(20(27)28)21(3,4)5/h10,13,15-16H,6-9,12H2,1-5H3,(H,24,25)(H,27,28). The number of ether oxygens (including phenoxy) is 1. The van der Waals surface area contributed by atoms with Crippen molar-refractivity contribution in [2.24, 2.45) is 5.92 Å². The summed E-state index contributed by atoms with van der Waals surface area (Å²) in [5.74, 6) is -0.150. The molecule has 0 unspecified atom stereocenters. The van der Waals surface area contributed by atoms with Gasteiger partial charge in [0.05, 0.1) is 6.61 Å². The monoisotopic (exact) mass is 406 g/mol. The Kier molecular flexibility index (Phi) is 7.28. The van der Waals surface area contributed by atoms with Gasteiger partial charge in [0.1, 0.15) is 11.6 Å². The fourth-order valence-corrected chi connectivity index (χ4v) is 3.67. The van der Waals surface area contributed by atoms with Crippen molar-refractivity contribution in [2.45, 2.75) is 77.9 Å². The smallest absolute Gasteiger partial charge is 0.407 e. The summed E-state index contributed by atoms with van der Waals surface area (Å²) < 4.78 is 20.0. The molecule has 0 aliphatic heterocycles. The Hall–Kier alpha value is -2.56. The third kappa shape index (κ3) is 5.96. The Morgan fingerprint density at radius 2 is 2.03 bits per heavy atom. The van der Waals surface area contributed by atoms with Gasteiger partial charge in [-0.15, -0.1) is 0 Å². The lowest BCUT2D eigenvalue weighted by molar-refractivity contribution is 0.0556. The van der Waals surface area contributed by atoms with Crippen LogP contribution in [0.4, 0.5) is 15.0 Å². The van der Waals surface area contributed by atoms with E-state index in [9.17, 15) is 19.6 Å². The van der Waals surface area contributed by atoms with Crippen molar-refractivity contribution in [1.82, 2.24) is 9.88 Å². The molecule has 0 aromatic carbocycles. The first kappa shape index (κ1) is 22.7. The molecule has 0 atom stereocenters. The van der Waals surface area contributed by atoms with Crippen molar-refractivity contribution in [2.75, 3.05) is 11.9 Å². The zero-order valence-corrected chi connectivity index (χ0v) is 17.8. The molecule has 1 aliphatic rings. The molecule has 29 heavy (non-hydrogen) atoms. The molecule has 0 saturated heterocycles. The van der Waals surface area contributed by atoms with E-state index in [2.05, 4.69) is 10.3 Å². The number of hydrogen-bond donors (Lipinski definition) is 2. The molecule has 1 aliphatic carbocycles. The largest absolute Gasteiger partial charge is 0.476 e. The molecule has 1 amide bonds. The van der Waals surface area contributed by atoms with Gasteiger partial charge in [0.15, 0.2) is 11.6 Å². The predicted molar refractivity (Wildman–Crippen MR) is 109 cm³/mol. The summed E-state index contributed by atoms with van der Waals surface area (Å²) in [4.78, 5) is 17.4. The minimum atomic E-state index is -0.916. The fraction of sp³-hybridized carbons (Fsp3) is 0.667. The van der Waals surface area contributed by atoms with Crippen LogP contribution in [-0.2, 0) is 0 Å². The van der Waals surface area contributed by atoms with Crippen LogP contribution in [0.3, 0.4) is 0 Å². The van der Waals surface area contributed by atoms with E-state index in [0.717, 1.165) is 6.07 Å². The Labute approximate surface area is 171 Å². The van der Waals surface area contributed by atoms with Crippen molar-refractivity contribution in [3.63, 3.8) is 0 Å². The van der Waals surface area contributed by atoms with Crippen LogP contribution in [0.5, 0.6) is 5.88 Å². The van der Waals surface area contributed by atoms with Crippen molar-refractivity contribution in [1.29, 1.82) is 5.26 Å². The lowest BCUT2D eigenvalue weighted by atomic mass is 9.88. The number of amides is 1. The molecule has 2 rings (SSSR count). The highest BCUT2D eigenvalue weighted by Crippen LogP contribution is 2.31. The van der Waals surface area contributed by atoms with Crippen LogP contribution < -0.4 is 10.1 Å². The van der Waals surface area contributed by atoms with Crippen LogP contribution in [0.2, 0.25) is 0 Å². The second-order valence-corrected chi connectivity index (χ2v) is 8.96. The van der Waals surface area contributed by atoms with Crippen LogP contribution >= 0.6 is 0 Å². The second kappa shape index (κ2) is 9.29. The average molecular weight is 407 g/mol. The Bertz CT molecular complexity index is 762. The number of anilines is 1. The van der Waals surface area contributed by atoms with E-state index in [1.165, 1.54) is 4.90 Å². The van der Waals surface area contributed by atoms with Gasteiger partial charge < -0.3 is 20.1 Å². The molecule has 7 nitrogen and oxygen atoms in total. The first-order chi connectivity index (χ1) is 13.5. The highest BCUT2D eigenvalue weighted by molar-refractivity contribution is 5.66. The van der Waals surface area contributed by atoms with Crippen molar-refractivity contribution >= 4 is 11.9 Å². The Morgan fingerprint density at radius 1 is 1.41 bits per heavy atom. The molecular weight excluding hydrogens is 375 g/mol. The van der Waals surface area contributed by atoms with Gasteiger partial charge in [-0.25, -0.2) is 9.18 Å².